The summed E-state index contributed by atoms with van der Waals surface area (Å²) in [6, 6.07) is 17.6. The van der Waals surface area contributed by atoms with E-state index in [1.165, 1.54) is 14.0 Å². The molecule has 0 aliphatic carbocycles. The normalized spacial score (nSPS) is 13.2. The molecule has 7 nitrogen and oxygen atoms in total. The summed E-state index contributed by atoms with van der Waals surface area (Å²) in [5.74, 6) is -0.765. The quantitative estimate of drug-likeness (QED) is 0.625. The Balaban J connectivity index is 1.83. The van der Waals surface area contributed by atoms with Crippen LogP contribution in [0.3, 0.4) is 0 Å². The molecule has 0 aliphatic rings. The van der Waals surface area contributed by atoms with Gasteiger partial charge in [0.2, 0.25) is 5.91 Å². The second kappa shape index (κ2) is 8.22. The summed E-state index contributed by atoms with van der Waals surface area (Å²) in [5, 5.41) is 11.9. The van der Waals surface area contributed by atoms with Gasteiger partial charge < -0.3 is 15.2 Å². The summed E-state index contributed by atoms with van der Waals surface area (Å²) in [7, 11) is 1.40. The average Bonchev–Trinajstić information content (AvgIpc) is 3.05. The molecule has 146 valence electrons. The first-order valence-electron chi connectivity index (χ1n) is 9.00. The van der Waals surface area contributed by atoms with Gasteiger partial charge in [-0.3, -0.25) is 9.36 Å². The molecular formula is C21H23N3O4. The minimum atomic E-state index is -1.47. The number of nitrogens with zero attached hydrogens (tertiary/aromatic N) is 2. The topological polar surface area (TPSA) is 93.5 Å². The van der Waals surface area contributed by atoms with Crippen LogP contribution >= 0.6 is 0 Å². The molecule has 7 heteroatoms. The minimum absolute atomic E-state index is 0.114. The van der Waals surface area contributed by atoms with Crippen molar-refractivity contribution < 1.29 is 19.4 Å². The minimum Gasteiger partial charge on any atom is -0.479 e. The van der Waals surface area contributed by atoms with E-state index in [0.717, 1.165) is 22.5 Å². The molecule has 0 bridgehead atoms. The van der Waals surface area contributed by atoms with Crippen LogP contribution in [0.4, 0.5) is 0 Å². The second-order valence-electron chi connectivity index (χ2n) is 6.81. The number of aromatic nitrogens is 2. The molecular weight excluding hydrogens is 358 g/mol. The van der Waals surface area contributed by atoms with Gasteiger partial charge in [0.1, 0.15) is 5.82 Å². The number of imidazole rings is 1. The third kappa shape index (κ3) is 4.04. The molecule has 0 saturated carbocycles. The van der Waals surface area contributed by atoms with Crippen molar-refractivity contribution in [3.05, 3.63) is 60.4 Å². The summed E-state index contributed by atoms with van der Waals surface area (Å²) in [6.45, 7) is 1.31. The number of para-hydroxylation sites is 3. The second-order valence-corrected chi connectivity index (χ2v) is 6.81. The van der Waals surface area contributed by atoms with Crippen LogP contribution in [-0.2, 0) is 20.7 Å². The lowest BCUT2D eigenvalue weighted by atomic mass is 10.0. The third-order valence-corrected chi connectivity index (χ3v) is 4.54. The van der Waals surface area contributed by atoms with Gasteiger partial charge in [0.05, 0.1) is 17.6 Å². The molecule has 1 atom stereocenters. The summed E-state index contributed by atoms with van der Waals surface area (Å²) in [6.07, 6.45) is 0.487. The molecule has 2 N–H and O–H groups in total. The number of ether oxygens (including phenoxy) is 1. The Kier molecular flexibility index (Phi) is 5.75. The number of nitrogens with one attached hydrogen (secondary N) is 1. The number of carbonyl (C=O) groups is 2. The zero-order valence-electron chi connectivity index (χ0n) is 15.9. The number of fused-ring (bicyclic) bond motifs is 1. The Morgan fingerprint density at radius 1 is 1.14 bits per heavy atom. The number of rotatable bonds is 8. The smallest absolute Gasteiger partial charge is 0.331 e. The highest BCUT2D eigenvalue weighted by Crippen LogP contribution is 2.22. The lowest BCUT2D eigenvalue weighted by Gasteiger charge is -2.25. The Bertz CT molecular complexity index is 984. The SMILES string of the molecule is COCC(C)(NC(=O)CCc1nc2ccccc2n1-c1ccccc1)C(=O)O. The summed E-state index contributed by atoms with van der Waals surface area (Å²) >= 11 is 0. The van der Waals surface area contributed by atoms with Gasteiger partial charge in [-0.1, -0.05) is 30.3 Å². The van der Waals surface area contributed by atoms with Crippen LogP contribution in [0.15, 0.2) is 54.6 Å². The van der Waals surface area contributed by atoms with Crippen molar-refractivity contribution in [1.29, 1.82) is 0 Å². The molecule has 1 aromatic heterocycles. The van der Waals surface area contributed by atoms with Gasteiger partial charge in [-0.15, -0.1) is 0 Å². The molecule has 1 unspecified atom stereocenters. The maximum atomic E-state index is 12.4. The van der Waals surface area contributed by atoms with Gasteiger partial charge in [0.25, 0.3) is 0 Å². The summed E-state index contributed by atoms with van der Waals surface area (Å²) in [4.78, 5) is 28.5. The molecule has 0 fully saturated rings. The van der Waals surface area contributed by atoms with Gasteiger partial charge in [0, 0.05) is 25.6 Å². The van der Waals surface area contributed by atoms with Crippen molar-refractivity contribution in [3.8, 4) is 5.69 Å². The van der Waals surface area contributed by atoms with E-state index in [9.17, 15) is 14.7 Å². The lowest BCUT2D eigenvalue weighted by Crippen LogP contribution is -2.55. The molecule has 3 rings (SSSR count). The molecule has 1 heterocycles. The van der Waals surface area contributed by atoms with Crippen molar-refractivity contribution in [2.75, 3.05) is 13.7 Å². The molecule has 0 aliphatic heterocycles. The number of methoxy groups -OCH3 is 1. The van der Waals surface area contributed by atoms with Crippen molar-refractivity contribution >= 4 is 22.9 Å². The largest absolute Gasteiger partial charge is 0.479 e. The Morgan fingerprint density at radius 3 is 2.50 bits per heavy atom. The molecule has 0 saturated heterocycles. The molecule has 3 aromatic rings. The summed E-state index contributed by atoms with van der Waals surface area (Å²) < 4.78 is 6.96. The molecule has 1 amide bonds. The maximum absolute atomic E-state index is 12.4. The van der Waals surface area contributed by atoms with Crippen molar-refractivity contribution in [1.82, 2.24) is 14.9 Å². The fraction of sp³-hybridized carbons (Fsp3) is 0.286. The zero-order chi connectivity index (χ0) is 20.1. The van der Waals surface area contributed by atoms with Crippen LogP contribution in [0, 0.1) is 0 Å². The Morgan fingerprint density at radius 2 is 1.82 bits per heavy atom. The van der Waals surface area contributed by atoms with E-state index in [1.54, 1.807) is 0 Å². The number of aliphatic carboxylic acids is 1. The number of carboxylic acids is 1. The van der Waals surface area contributed by atoms with E-state index in [1.807, 2.05) is 59.2 Å². The van der Waals surface area contributed by atoms with E-state index >= 15 is 0 Å². The van der Waals surface area contributed by atoms with E-state index in [0.29, 0.717) is 6.42 Å². The number of aryl methyl sites for hydroxylation is 1. The third-order valence-electron chi connectivity index (χ3n) is 4.54. The van der Waals surface area contributed by atoms with E-state index in [4.69, 9.17) is 4.74 Å². The van der Waals surface area contributed by atoms with Crippen LogP contribution in [0.25, 0.3) is 16.7 Å². The number of amides is 1. The highest BCUT2D eigenvalue weighted by Gasteiger charge is 2.34. The van der Waals surface area contributed by atoms with Crippen LogP contribution < -0.4 is 5.32 Å². The first-order valence-corrected chi connectivity index (χ1v) is 9.00. The van der Waals surface area contributed by atoms with E-state index in [-0.39, 0.29) is 18.9 Å². The number of carbonyl (C=O) groups excluding carboxylic acids is 1. The molecule has 2 aromatic carbocycles. The highest BCUT2D eigenvalue weighted by atomic mass is 16.5. The van der Waals surface area contributed by atoms with Crippen LogP contribution in [0.2, 0.25) is 0 Å². The zero-order valence-corrected chi connectivity index (χ0v) is 15.9. The van der Waals surface area contributed by atoms with Crippen molar-refractivity contribution in [3.63, 3.8) is 0 Å². The van der Waals surface area contributed by atoms with Gasteiger partial charge in [-0.05, 0) is 31.2 Å². The van der Waals surface area contributed by atoms with Crippen LogP contribution in [0.1, 0.15) is 19.2 Å². The maximum Gasteiger partial charge on any atom is 0.331 e. The number of benzene rings is 2. The fourth-order valence-corrected chi connectivity index (χ4v) is 3.14. The number of carboxylic acid groups (broad SMARTS) is 1. The van der Waals surface area contributed by atoms with Crippen LogP contribution in [0.5, 0.6) is 0 Å². The van der Waals surface area contributed by atoms with E-state index < -0.39 is 11.5 Å². The Hall–Kier alpha value is -3.19. The monoisotopic (exact) mass is 381 g/mol. The highest BCUT2D eigenvalue weighted by molar-refractivity contribution is 5.87. The number of hydrogen-bond donors (Lipinski definition) is 2. The van der Waals surface area contributed by atoms with E-state index in [2.05, 4.69) is 10.3 Å². The van der Waals surface area contributed by atoms with Crippen molar-refractivity contribution in [2.45, 2.75) is 25.3 Å². The van der Waals surface area contributed by atoms with Gasteiger partial charge >= 0.3 is 5.97 Å². The first-order chi connectivity index (χ1) is 13.4. The fourth-order valence-electron chi connectivity index (χ4n) is 3.14. The first kappa shape index (κ1) is 19.6. The summed E-state index contributed by atoms with van der Waals surface area (Å²) in [5.41, 5.74) is 1.29. The predicted molar refractivity (Wildman–Crippen MR) is 105 cm³/mol. The van der Waals surface area contributed by atoms with Gasteiger partial charge in [-0.2, -0.15) is 0 Å². The Labute approximate surface area is 163 Å². The molecule has 0 spiro atoms. The van der Waals surface area contributed by atoms with Crippen LogP contribution in [-0.4, -0.2) is 45.8 Å². The molecule has 0 radical (unpaired) electrons. The lowest BCUT2D eigenvalue weighted by molar-refractivity contribution is -0.149. The van der Waals surface area contributed by atoms with Crippen molar-refractivity contribution in [2.24, 2.45) is 0 Å². The number of hydrogen-bond acceptors (Lipinski definition) is 4. The van der Waals surface area contributed by atoms with Gasteiger partial charge in [-0.25, -0.2) is 9.78 Å². The standard InChI is InChI=1S/C21H23N3O4/c1-21(14-28-2,20(26)27)23-19(25)13-12-18-22-16-10-6-7-11-17(16)24(18)15-8-4-3-5-9-15/h3-11H,12-14H2,1-2H3,(H,23,25)(H,26,27). The average molecular weight is 381 g/mol. The predicted octanol–water partition coefficient (Wildman–Crippen LogP) is 2.56. The van der Waals surface area contributed by atoms with Gasteiger partial charge in [0.15, 0.2) is 5.54 Å². The molecule has 28 heavy (non-hydrogen) atoms.